The van der Waals surface area contributed by atoms with Crippen LogP contribution in [0.25, 0.3) is 16.7 Å². The summed E-state index contributed by atoms with van der Waals surface area (Å²) < 4.78 is 2.02. The van der Waals surface area contributed by atoms with Gasteiger partial charge in [-0.1, -0.05) is 23.7 Å². The van der Waals surface area contributed by atoms with E-state index in [4.69, 9.17) is 11.6 Å². The normalized spacial score (nSPS) is 13.7. The van der Waals surface area contributed by atoms with Crippen molar-refractivity contribution in [2.45, 2.75) is 39.5 Å². The smallest absolute Gasteiger partial charge is 0.339 e. The average molecular weight is 437 g/mol. The standard InChI is InChI=1S/C24H21ClN2O2S/c1-14-10-17(11-18(13-26)16-6-5-7-19(25)12-16)15(2)27(14)23-22(24(28)29)20-8-3-4-9-21(20)30-23/h5-7,10-12H,3-4,8-9H2,1-2H3,(H,28,29). The summed E-state index contributed by atoms with van der Waals surface area (Å²) in [6.07, 6.45) is 5.76. The van der Waals surface area contributed by atoms with Gasteiger partial charge < -0.3 is 9.67 Å². The zero-order chi connectivity index (χ0) is 21.4. The first-order chi connectivity index (χ1) is 14.4. The number of aromatic nitrogens is 1. The molecule has 2 aromatic heterocycles. The summed E-state index contributed by atoms with van der Waals surface area (Å²) in [4.78, 5) is 13.3. The summed E-state index contributed by atoms with van der Waals surface area (Å²) in [7, 11) is 0. The molecule has 30 heavy (non-hydrogen) atoms. The number of nitriles is 1. The fourth-order valence-corrected chi connectivity index (χ4v) is 5.85. The van der Waals surface area contributed by atoms with Gasteiger partial charge in [-0.2, -0.15) is 5.26 Å². The van der Waals surface area contributed by atoms with Gasteiger partial charge in [0.25, 0.3) is 0 Å². The number of aromatic carboxylic acids is 1. The van der Waals surface area contributed by atoms with Gasteiger partial charge in [-0.05, 0) is 80.5 Å². The van der Waals surface area contributed by atoms with Crippen molar-refractivity contribution in [3.8, 4) is 11.1 Å². The van der Waals surface area contributed by atoms with Gasteiger partial charge in [0.1, 0.15) is 5.00 Å². The third kappa shape index (κ3) is 3.58. The Labute approximate surface area is 184 Å². The van der Waals surface area contributed by atoms with Crippen LogP contribution in [0.2, 0.25) is 5.02 Å². The summed E-state index contributed by atoms with van der Waals surface area (Å²) in [5.41, 5.74) is 5.46. The highest BCUT2D eigenvalue weighted by Gasteiger charge is 2.27. The van der Waals surface area contributed by atoms with Gasteiger partial charge in [-0.15, -0.1) is 11.3 Å². The molecule has 0 unspecified atom stereocenters. The van der Waals surface area contributed by atoms with E-state index in [1.807, 2.05) is 42.7 Å². The predicted octanol–water partition coefficient (Wildman–Crippen LogP) is 6.45. The Kier molecular flexibility index (Phi) is 5.55. The van der Waals surface area contributed by atoms with Crippen LogP contribution in [0, 0.1) is 25.2 Å². The fraction of sp³-hybridized carbons (Fsp3) is 0.250. The van der Waals surface area contributed by atoms with E-state index in [9.17, 15) is 15.2 Å². The van der Waals surface area contributed by atoms with Crippen molar-refractivity contribution in [1.29, 1.82) is 5.26 Å². The second-order valence-electron chi connectivity index (χ2n) is 7.54. The quantitative estimate of drug-likeness (QED) is 0.478. The van der Waals surface area contributed by atoms with Crippen molar-refractivity contribution in [3.63, 3.8) is 0 Å². The number of benzene rings is 1. The molecule has 1 aromatic carbocycles. The molecule has 1 N–H and O–H groups in total. The van der Waals surface area contributed by atoms with E-state index in [1.165, 1.54) is 4.88 Å². The first-order valence-electron chi connectivity index (χ1n) is 9.85. The van der Waals surface area contributed by atoms with Crippen molar-refractivity contribution in [2.24, 2.45) is 0 Å². The number of hydrogen-bond donors (Lipinski definition) is 1. The van der Waals surface area contributed by atoms with Gasteiger partial charge in [0, 0.05) is 21.3 Å². The van der Waals surface area contributed by atoms with Crippen LogP contribution in [-0.2, 0) is 12.8 Å². The van der Waals surface area contributed by atoms with Crippen LogP contribution in [0.4, 0.5) is 0 Å². The fourth-order valence-electron chi connectivity index (χ4n) is 4.17. The molecule has 3 aromatic rings. The highest BCUT2D eigenvalue weighted by Crippen LogP contribution is 2.39. The first kappa shape index (κ1) is 20.5. The highest BCUT2D eigenvalue weighted by atomic mass is 35.5. The van der Waals surface area contributed by atoms with Crippen LogP contribution in [-0.4, -0.2) is 15.6 Å². The molecule has 0 saturated heterocycles. The molecule has 1 aliphatic carbocycles. The molecule has 0 saturated carbocycles. The molecule has 0 aliphatic heterocycles. The molecule has 4 nitrogen and oxygen atoms in total. The number of carboxylic acid groups (broad SMARTS) is 1. The van der Waals surface area contributed by atoms with Crippen LogP contribution in [0.1, 0.15) is 56.2 Å². The number of carboxylic acids is 1. The summed E-state index contributed by atoms with van der Waals surface area (Å²) in [5, 5.41) is 21.0. The van der Waals surface area contributed by atoms with Gasteiger partial charge in [-0.3, -0.25) is 0 Å². The van der Waals surface area contributed by atoms with Crippen LogP contribution in [0.5, 0.6) is 0 Å². The van der Waals surface area contributed by atoms with E-state index >= 15 is 0 Å². The number of hydrogen-bond acceptors (Lipinski definition) is 3. The second kappa shape index (κ2) is 8.14. The molecule has 0 spiro atoms. The zero-order valence-electron chi connectivity index (χ0n) is 16.8. The summed E-state index contributed by atoms with van der Waals surface area (Å²) in [5.74, 6) is -0.870. The number of aryl methyl sites for hydroxylation is 2. The molecule has 0 fully saturated rings. The van der Waals surface area contributed by atoms with E-state index in [-0.39, 0.29) is 0 Å². The first-order valence-corrected chi connectivity index (χ1v) is 11.0. The van der Waals surface area contributed by atoms with E-state index in [0.29, 0.717) is 16.2 Å². The van der Waals surface area contributed by atoms with E-state index < -0.39 is 5.97 Å². The third-order valence-corrected chi connectivity index (χ3v) is 7.11. The largest absolute Gasteiger partial charge is 0.478 e. The van der Waals surface area contributed by atoms with Crippen molar-refractivity contribution in [1.82, 2.24) is 4.57 Å². The van der Waals surface area contributed by atoms with Crippen molar-refractivity contribution in [2.75, 3.05) is 0 Å². The van der Waals surface area contributed by atoms with Gasteiger partial charge in [0.15, 0.2) is 0 Å². The molecule has 0 bridgehead atoms. The molecule has 2 heterocycles. The SMILES string of the molecule is Cc1cc(C=C(C#N)c2cccc(Cl)c2)c(C)n1-c1sc2c(c1C(=O)O)CCCC2. The van der Waals surface area contributed by atoms with Gasteiger partial charge in [0.2, 0.25) is 0 Å². The van der Waals surface area contributed by atoms with Crippen LogP contribution < -0.4 is 0 Å². The summed E-state index contributed by atoms with van der Waals surface area (Å²) in [6, 6.07) is 11.5. The maximum Gasteiger partial charge on any atom is 0.339 e. The lowest BCUT2D eigenvalue weighted by Gasteiger charge is -2.11. The number of fused-ring (bicyclic) bond motifs is 1. The molecule has 0 radical (unpaired) electrons. The Morgan fingerprint density at radius 1 is 1.27 bits per heavy atom. The molecule has 0 atom stereocenters. The molecule has 6 heteroatoms. The van der Waals surface area contributed by atoms with Crippen LogP contribution >= 0.6 is 22.9 Å². The lowest BCUT2D eigenvalue weighted by atomic mass is 9.95. The third-order valence-electron chi connectivity index (χ3n) is 5.60. The Bertz CT molecular complexity index is 1230. The van der Waals surface area contributed by atoms with Crippen molar-refractivity contribution < 1.29 is 9.90 Å². The Hall–Kier alpha value is -2.81. The van der Waals surface area contributed by atoms with Gasteiger partial charge in [-0.25, -0.2) is 4.79 Å². The van der Waals surface area contributed by atoms with Crippen LogP contribution in [0.3, 0.4) is 0 Å². The Morgan fingerprint density at radius 2 is 2.03 bits per heavy atom. The number of rotatable bonds is 4. The summed E-state index contributed by atoms with van der Waals surface area (Å²) >= 11 is 7.68. The molecule has 4 rings (SSSR count). The summed E-state index contributed by atoms with van der Waals surface area (Å²) in [6.45, 7) is 3.94. The van der Waals surface area contributed by atoms with Crippen molar-refractivity contribution >= 4 is 40.6 Å². The Morgan fingerprint density at radius 3 is 2.73 bits per heavy atom. The predicted molar refractivity (Wildman–Crippen MR) is 122 cm³/mol. The number of nitrogens with zero attached hydrogens (tertiary/aromatic N) is 2. The van der Waals surface area contributed by atoms with E-state index in [2.05, 4.69) is 6.07 Å². The molecular formula is C24H21ClN2O2S. The number of halogens is 1. The molecule has 152 valence electrons. The zero-order valence-corrected chi connectivity index (χ0v) is 18.4. The monoisotopic (exact) mass is 436 g/mol. The number of carbonyl (C=O) groups is 1. The minimum Gasteiger partial charge on any atom is -0.478 e. The van der Waals surface area contributed by atoms with Gasteiger partial charge >= 0.3 is 5.97 Å². The Balaban J connectivity index is 1.85. The minimum atomic E-state index is -0.870. The minimum absolute atomic E-state index is 0.433. The number of allylic oxidation sites excluding steroid dienone is 1. The van der Waals surface area contributed by atoms with Gasteiger partial charge in [0.05, 0.1) is 17.2 Å². The maximum absolute atomic E-state index is 12.1. The maximum atomic E-state index is 12.1. The van der Waals surface area contributed by atoms with E-state index in [0.717, 1.165) is 58.8 Å². The van der Waals surface area contributed by atoms with Crippen LogP contribution in [0.15, 0.2) is 30.3 Å². The second-order valence-corrected chi connectivity index (χ2v) is 9.06. The number of thiophene rings is 1. The lowest BCUT2D eigenvalue weighted by molar-refractivity contribution is 0.0696. The molecular weight excluding hydrogens is 416 g/mol. The van der Waals surface area contributed by atoms with Crippen molar-refractivity contribution in [3.05, 3.63) is 73.9 Å². The highest BCUT2D eigenvalue weighted by molar-refractivity contribution is 7.15. The lowest BCUT2D eigenvalue weighted by Crippen LogP contribution is -2.09. The average Bonchev–Trinajstić information content (AvgIpc) is 3.22. The topological polar surface area (TPSA) is 66.0 Å². The molecule has 1 aliphatic rings. The molecule has 0 amide bonds. The van der Waals surface area contributed by atoms with E-state index in [1.54, 1.807) is 23.5 Å².